The first-order chi connectivity index (χ1) is 14.3. The minimum absolute atomic E-state index is 0.0910. The van der Waals surface area contributed by atoms with E-state index in [1.165, 1.54) is 0 Å². The standard InChI is InChI=1S/C21H21F3N2O4/c1-13(21(22,23)24)30-12-26-19(27)10-25-20(28)29-11-18-16-8-4-2-6-14(16)15-7-3-5-9-17(15)18/h2-9,13,18H,10-12H2,1H3,(H,25,28)(H,26,27). The molecule has 0 aromatic heterocycles. The number of rotatable bonds is 7. The molecule has 6 nitrogen and oxygen atoms in total. The van der Waals surface area contributed by atoms with Crippen LogP contribution in [0.2, 0.25) is 0 Å². The fraction of sp³-hybridized carbons (Fsp3) is 0.333. The molecule has 2 amide bonds. The third-order valence-electron chi connectivity index (χ3n) is 4.80. The second-order valence-electron chi connectivity index (χ2n) is 6.77. The predicted molar refractivity (Wildman–Crippen MR) is 103 cm³/mol. The molecule has 0 fully saturated rings. The van der Waals surface area contributed by atoms with Crippen LogP contribution in [-0.2, 0) is 14.3 Å². The Morgan fingerprint density at radius 2 is 1.57 bits per heavy atom. The van der Waals surface area contributed by atoms with Crippen molar-refractivity contribution in [3.8, 4) is 11.1 Å². The van der Waals surface area contributed by atoms with Crippen molar-refractivity contribution in [2.24, 2.45) is 0 Å². The molecule has 1 aliphatic rings. The number of carbonyl (C=O) groups is 2. The fourth-order valence-electron chi connectivity index (χ4n) is 3.21. The molecule has 30 heavy (non-hydrogen) atoms. The van der Waals surface area contributed by atoms with Gasteiger partial charge in [-0.05, 0) is 29.2 Å². The topological polar surface area (TPSA) is 76.7 Å². The van der Waals surface area contributed by atoms with Gasteiger partial charge in [0.1, 0.15) is 19.9 Å². The molecule has 160 valence electrons. The van der Waals surface area contributed by atoms with E-state index in [1.54, 1.807) is 0 Å². The summed E-state index contributed by atoms with van der Waals surface area (Å²) >= 11 is 0. The van der Waals surface area contributed by atoms with Crippen molar-refractivity contribution >= 4 is 12.0 Å². The number of alkyl halides is 3. The van der Waals surface area contributed by atoms with Crippen molar-refractivity contribution in [1.82, 2.24) is 10.6 Å². The zero-order chi connectivity index (χ0) is 21.7. The van der Waals surface area contributed by atoms with E-state index in [4.69, 9.17) is 4.74 Å². The molecule has 0 spiro atoms. The molecule has 0 heterocycles. The van der Waals surface area contributed by atoms with Gasteiger partial charge < -0.3 is 20.1 Å². The molecule has 3 rings (SSSR count). The summed E-state index contributed by atoms with van der Waals surface area (Å²) in [4.78, 5) is 23.6. The number of amides is 2. The van der Waals surface area contributed by atoms with Crippen LogP contribution < -0.4 is 10.6 Å². The van der Waals surface area contributed by atoms with Gasteiger partial charge in [-0.2, -0.15) is 13.2 Å². The van der Waals surface area contributed by atoms with Crippen LogP contribution in [0.5, 0.6) is 0 Å². The van der Waals surface area contributed by atoms with Crippen LogP contribution in [0.1, 0.15) is 24.0 Å². The second-order valence-corrected chi connectivity index (χ2v) is 6.77. The van der Waals surface area contributed by atoms with E-state index in [0.717, 1.165) is 29.2 Å². The number of hydrogen-bond acceptors (Lipinski definition) is 4. The molecule has 2 aromatic rings. The SMILES string of the molecule is CC(OCNC(=O)CNC(=O)OCC1c2ccccc2-c2ccccc21)C(F)(F)F. The first kappa shape index (κ1) is 21.6. The normalized spacial score (nSPS) is 13.9. The largest absolute Gasteiger partial charge is 0.449 e. The maximum Gasteiger partial charge on any atom is 0.414 e. The Bertz CT molecular complexity index is 872. The number of halogens is 3. The van der Waals surface area contributed by atoms with E-state index in [9.17, 15) is 22.8 Å². The molecular weight excluding hydrogens is 401 g/mol. The minimum atomic E-state index is -4.51. The Labute approximate surface area is 171 Å². The summed E-state index contributed by atoms with van der Waals surface area (Å²) in [5, 5.41) is 4.40. The van der Waals surface area contributed by atoms with Gasteiger partial charge in [0, 0.05) is 5.92 Å². The lowest BCUT2D eigenvalue weighted by Crippen LogP contribution is -2.40. The second kappa shape index (κ2) is 9.17. The van der Waals surface area contributed by atoms with Crippen LogP contribution in [0, 0.1) is 0 Å². The van der Waals surface area contributed by atoms with Crippen LogP contribution in [0.15, 0.2) is 48.5 Å². The number of carbonyl (C=O) groups excluding carboxylic acids is 2. The molecule has 2 N–H and O–H groups in total. The third-order valence-corrected chi connectivity index (χ3v) is 4.80. The van der Waals surface area contributed by atoms with Crippen LogP contribution >= 0.6 is 0 Å². The number of fused-ring (bicyclic) bond motifs is 3. The zero-order valence-electron chi connectivity index (χ0n) is 16.2. The quantitative estimate of drug-likeness (QED) is 0.669. The van der Waals surface area contributed by atoms with Crippen LogP contribution in [-0.4, -0.2) is 44.2 Å². The van der Waals surface area contributed by atoms with Gasteiger partial charge in [-0.3, -0.25) is 4.79 Å². The Kier molecular flexibility index (Phi) is 6.61. The Morgan fingerprint density at radius 3 is 2.13 bits per heavy atom. The molecule has 2 aromatic carbocycles. The summed E-state index contributed by atoms with van der Waals surface area (Å²) in [6.07, 6.45) is -7.31. The molecule has 0 saturated carbocycles. The highest BCUT2D eigenvalue weighted by molar-refractivity contribution is 5.82. The van der Waals surface area contributed by atoms with E-state index < -0.39 is 37.6 Å². The number of ether oxygens (including phenoxy) is 2. The van der Waals surface area contributed by atoms with E-state index in [2.05, 4.69) is 15.4 Å². The van der Waals surface area contributed by atoms with Gasteiger partial charge in [-0.1, -0.05) is 48.5 Å². The Morgan fingerprint density at radius 1 is 1.00 bits per heavy atom. The van der Waals surface area contributed by atoms with E-state index in [0.29, 0.717) is 0 Å². The Balaban J connectivity index is 1.45. The van der Waals surface area contributed by atoms with Gasteiger partial charge in [0.2, 0.25) is 5.91 Å². The van der Waals surface area contributed by atoms with Crippen molar-refractivity contribution in [2.45, 2.75) is 25.1 Å². The monoisotopic (exact) mass is 422 g/mol. The molecule has 0 radical (unpaired) electrons. The average molecular weight is 422 g/mol. The summed E-state index contributed by atoms with van der Waals surface area (Å²) in [5.41, 5.74) is 4.30. The van der Waals surface area contributed by atoms with Crippen molar-refractivity contribution < 1.29 is 32.2 Å². The van der Waals surface area contributed by atoms with Crippen molar-refractivity contribution in [3.05, 3.63) is 59.7 Å². The van der Waals surface area contributed by atoms with E-state index >= 15 is 0 Å². The van der Waals surface area contributed by atoms with Crippen LogP contribution in [0.3, 0.4) is 0 Å². The molecule has 0 saturated heterocycles. The summed E-state index contributed by atoms with van der Waals surface area (Å²) in [6.45, 7) is -0.138. The van der Waals surface area contributed by atoms with Crippen molar-refractivity contribution in [2.75, 3.05) is 19.9 Å². The predicted octanol–water partition coefficient (Wildman–Crippen LogP) is 3.57. The smallest absolute Gasteiger partial charge is 0.414 e. The number of hydrogen-bond donors (Lipinski definition) is 2. The van der Waals surface area contributed by atoms with Gasteiger partial charge in [-0.25, -0.2) is 4.79 Å². The number of nitrogens with one attached hydrogen (secondary N) is 2. The summed E-state index contributed by atoms with van der Waals surface area (Å²) in [7, 11) is 0. The molecule has 0 aliphatic heterocycles. The van der Waals surface area contributed by atoms with Gasteiger partial charge in [0.25, 0.3) is 0 Å². The van der Waals surface area contributed by atoms with E-state index in [1.807, 2.05) is 48.5 Å². The molecule has 1 unspecified atom stereocenters. The lowest BCUT2D eigenvalue weighted by atomic mass is 9.98. The maximum absolute atomic E-state index is 12.3. The lowest BCUT2D eigenvalue weighted by Gasteiger charge is -2.17. The van der Waals surface area contributed by atoms with Gasteiger partial charge >= 0.3 is 12.3 Å². The highest BCUT2D eigenvalue weighted by atomic mass is 19.4. The highest BCUT2D eigenvalue weighted by Crippen LogP contribution is 2.44. The highest BCUT2D eigenvalue weighted by Gasteiger charge is 2.36. The minimum Gasteiger partial charge on any atom is -0.449 e. The summed E-state index contributed by atoms with van der Waals surface area (Å²) < 4.78 is 46.7. The first-order valence-electron chi connectivity index (χ1n) is 9.31. The van der Waals surface area contributed by atoms with Gasteiger partial charge in [0.05, 0.1) is 0 Å². The molecular formula is C21H21F3N2O4. The third kappa shape index (κ3) is 5.10. The van der Waals surface area contributed by atoms with Gasteiger partial charge in [0.15, 0.2) is 6.10 Å². The molecule has 1 aliphatic carbocycles. The molecule has 9 heteroatoms. The molecule has 1 atom stereocenters. The Hall–Kier alpha value is -3.07. The summed E-state index contributed by atoms with van der Waals surface area (Å²) in [5.74, 6) is -0.813. The van der Waals surface area contributed by atoms with Crippen LogP contribution in [0.4, 0.5) is 18.0 Å². The lowest BCUT2D eigenvalue weighted by molar-refractivity contribution is -0.215. The molecule has 0 bridgehead atoms. The van der Waals surface area contributed by atoms with E-state index in [-0.39, 0.29) is 12.5 Å². The fourth-order valence-corrected chi connectivity index (χ4v) is 3.21. The zero-order valence-corrected chi connectivity index (χ0v) is 16.2. The van der Waals surface area contributed by atoms with Gasteiger partial charge in [-0.15, -0.1) is 0 Å². The van der Waals surface area contributed by atoms with Crippen molar-refractivity contribution in [1.29, 1.82) is 0 Å². The number of alkyl carbamates (subject to hydrolysis) is 1. The number of benzene rings is 2. The summed E-state index contributed by atoms with van der Waals surface area (Å²) in [6, 6.07) is 15.7. The first-order valence-corrected chi connectivity index (χ1v) is 9.31. The maximum atomic E-state index is 12.3. The average Bonchev–Trinajstić information content (AvgIpc) is 3.04. The van der Waals surface area contributed by atoms with Crippen molar-refractivity contribution in [3.63, 3.8) is 0 Å². The van der Waals surface area contributed by atoms with Crippen LogP contribution in [0.25, 0.3) is 11.1 Å².